The first kappa shape index (κ1) is 16.4. The third-order valence-electron chi connectivity index (χ3n) is 2.55. The van der Waals surface area contributed by atoms with Crippen LogP contribution >= 0.6 is 11.6 Å². The third kappa shape index (κ3) is 5.14. The number of rotatable bonds is 6. The van der Waals surface area contributed by atoms with E-state index in [-0.39, 0.29) is 24.7 Å². The number of methoxy groups -OCH3 is 2. The van der Waals surface area contributed by atoms with E-state index >= 15 is 0 Å². The summed E-state index contributed by atoms with van der Waals surface area (Å²) < 4.78 is 22.2. The number of carbonyl (C=O) groups is 2. The van der Waals surface area contributed by atoms with Crippen LogP contribution in [0.25, 0.3) is 0 Å². The van der Waals surface area contributed by atoms with Gasteiger partial charge in [-0.1, -0.05) is 17.7 Å². The predicted molar refractivity (Wildman–Crippen MR) is 70.7 cm³/mol. The molecule has 1 aromatic carbocycles. The van der Waals surface area contributed by atoms with Crippen LogP contribution in [0.15, 0.2) is 18.2 Å². The Morgan fingerprint density at radius 3 is 2.20 bits per heavy atom. The first-order valence-corrected chi connectivity index (χ1v) is 6.14. The molecule has 1 rings (SSSR count). The molecule has 0 bridgehead atoms. The predicted octanol–water partition coefficient (Wildman–Crippen LogP) is 1.63. The Morgan fingerprint density at radius 2 is 1.75 bits per heavy atom. The van der Waals surface area contributed by atoms with E-state index in [4.69, 9.17) is 11.6 Å². The van der Waals surface area contributed by atoms with Gasteiger partial charge >= 0.3 is 11.9 Å². The Kier molecular flexibility index (Phi) is 6.41. The molecule has 0 aliphatic carbocycles. The van der Waals surface area contributed by atoms with Crippen molar-refractivity contribution in [2.24, 2.45) is 0 Å². The monoisotopic (exact) mass is 303 g/mol. The lowest BCUT2D eigenvalue weighted by molar-refractivity contribution is -0.145. The highest BCUT2D eigenvalue weighted by molar-refractivity contribution is 6.30. The number of hydrogen-bond donors (Lipinski definition) is 0. The standard InChI is InChI=1S/C13H15ClFNO4/c1-19-12(17)7-16(8-13(18)20-2)6-9-3-4-11(15)10(14)5-9/h3-5H,6-8H2,1-2H3. The van der Waals surface area contributed by atoms with Gasteiger partial charge in [-0.15, -0.1) is 0 Å². The van der Waals surface area contributed by atoms with Gasteiger partial charge in [0, 0.05) is 6.54 Å². The van der Waals surface area contributed by atoms with Crippen molar-refractivity contribution in [3.63, 3.8) is 0 Å². The molecule has 7 heteroatoms. The van der Waals surface area contributed by atoms with Crippen molar-refractivity contribution in [3.05, 3.63) is 34.6 Å². The Bertz CT molecular complexity index is 477. The van der Waals surface area contributed by atoms with Crippen molar-refractivity contribution in [3.8, 4) is 0 Å². The van der Waals surface area contributed by atoms with Gasteiger partial charge in [0.2, 0.25) is 0 Å². The Morgan fingerprint density at radius 1 is 1.20 bits per heavy atom. The quantitative estimate of drug-likeness (QED) is 0.748. The normalized spacial score (nSPS) is 10.4. The molecule has 0 saturated heterocycles. The number of halogens is 2. The molecule has 0 aliphatic rings. The minimum atomic E-state index is -0.525. The molecule has 0 fully saturated rings. The van der Waals surface area contributed by atoms with E-state index in [0.717, 1.165) is 0 Å². The summed E-state index contributed by atoms with van der Waals surface area (Å²) in [6.45, 7) is 0.0748. The highest BCUT2D eigenvalue weighted by Gasteiger charge is 2.16. The zero-order valence-corrected chi connectivity index (χ0v) is 11.9. The van der Waals surface area contributed by atoms with Crippen molar-refractivity contribution in [2.45, 2.75) is 6.54 Å². The fourth-order valence-corrected chi connectivity index (χ4v) is 1.76. The number of carbonyl (C=O) groups excluding carboxylic acids is 2. The van der Waals surface area contributed by atoms with Gasteiger partial charge in [-0.3, -0.25) is 14.5 Å². The van der Waals surface area contributed by atoms with Gasteiger partial charge in [-0.2, -0.15) is 0 Å². The summed E-state index contributed by atoms with van der Waals surface area (Å²) in [5.74, 6) is -1.49. The molecule has 0 N–H and O–H groups in total. The highest BCUT2D eigenvalue weighted by atomic mass is 35.5. The van der Waals surface area contributed by atoms with Gasteiger partial charge in [0.15, 0.2) is 0 Å². The number of ether oxygens (including phenoxy) is 2. The van der Waals surface area contributed by atoms with Gasteiger partial charge in [0.25, 0.3) is 0 Å². The van der Waals surface area contributed by atoms with Crippen molar-refractivity contribution in [2.75, 3.05) is 27.3 Å². The molecule has 20 heavy (non-hydrogen) atoms. The lowest BCUT2D eigenvalue weighted by Crippen LogP contribution is -2.35. The van der Waals surface area contributed by atoms with Crippen molar-refractivity contribution in [1.29, 1.82) is 0 Å². The van der Waals surface area contributed by atoms with Gasteiger partial charge in [0.1, 0.15) is 5.82 Å². The average Bonchev–Trinajstić information content (AvgIpc) is 2.42. The summed E-state index contributed by atoms with van der Waals surface area (Å²) in [7, 11) is 2.51. The summed E-state index contributed by atoms with van der Waals surface area (Å²) >= 11 is 5.69. The fraction of sp³-hybridized carbons (Fsp3) is 0.385. The average molecular weight is 304 g/mol. The van der Waals surface area contributed by atoms with E-state index in [1.807, 2.05) is 0 Å². The lowest BCUT2D eigenvalue weighted by Gasteiger charge is -2.19. The lowest BCUT2D eigenvalue weighted by atomic mass is 10.2. The number of benzene rings is 1. The molecule has 1 aromatic rings. The second kappa shape index (κ2) is 7.81. The van der Waals surface area contributed by atoms with Gasteiger partial charge in [0.05, 0.1) is 32.3 Å². The molecular weight excluding hydrogens is 289 g/mol. The molecule has 0 saturated carbocycles. The molecule has 0 aromatic heterocycles. The maximum absolute atomic E-state index is 13.1. The van der Waals surface area contributed by atoms with E-state index < -0.39 is 17.8 Å². The first-order chi connectivity index (χ1) is 9.46. The molecule has 0 aliphatic heterocycles. The van der Waals surface area contributed by atoms with E-state index in [1.54, 1.807) is 0 Å². The minimum absolute atomic E-state index is 0.0152. The maximum atomic E-state index is 13.1. The fourth-order valence-electron chi connectivity index (χ4n) is 1.56. The largest absolute Gasteiger partial charge is 0.468 e. The molecular formula is C13H15ClFNO4. The Hall–Kier alpha value is -1.66. The van der Waals surface area contributed by atoms with Crippen LogP contribution in [0.2, 0.25) is 5.02 Å². The summed E-state index contributed by atoms with van der Waals surface area (Å²) in [6.07, 6.45) is 0. The van der Waals surface area contributed by atoms with Gasteiger partial charge in [-0.05, 0) is 17.7 Å². The van der Waals surface area contributed by atoms with Gasteiger partial charge in [-0.25, -0.2) is 4.39 Å². The topological polar surface area (TPSA) is 55.8 Å². The van der Waals surface area contributed by atoms with Crippen molar-refractivity contribution in [1.82, 2.24) is 4.90 Å². The van der Waals surface area contributed by atoms with E-state index in [9.17, 15) is 14.0 Å². The van der Waals surface area contributed by atoms with Crippen molar-refractivity contribution >= 4 is 23.5 Å². The highest BCUT2D eigenvalue weighted by Crippen LogP contribution is 2.17. The van der Waals surface area contributed by atoms with Crippen LogP contribution in [0, 0.1) is 5.82 Å². The van der Waals surface area contributed by atoms with E-state index in [0.29, 0.717) is 5.56 Å². The Balaban J connectivity index is 2.78. The van der Waals surface area contributed by atoms with Crippen LogP contribution in [-0.2, 0) is 25.6 Å². The molecule has 0 heterocycles. The smallest absolute Gasteiger partial charge is 0.319 e. The van der Waals surface area contributed by atoms with Crippen LogP contribution in [0.4, 0.5) is 4.39 Å². The van der Waals surface area contributed by atoms with Gasteiger partial charge < -0.3 is 9.47 Å². The van der Waals surface area contributed by atoms with Crippen LogP contribution in [0.5, 0.6) is 0 Å². The number of nitrogens with zero attached hydrogens (tertiary/aromatic N) is 1. The zero-order valence-electron chi connectivity index (χ0n) is 11.2. The molecule has 0 atom stereocenters. The first-order valence-electron chi connectivity index (χ1n) is 5.76. The van der Waals surface area contributed by atoms with Crippen LogP contribution in [0.1, 0.15) is 5.56 Å². The van der Waals surface area contributed by atoms with Crippen LogP contribution < -0.4 is 0 Å². The Labute approximate surface area is 121 Å². The third-order valence-corrected chi connectivity index (χ3v) is 2.84. The maximum Gasteiger partial charge on any atom is 0.319 e. The van der Waals surface area contributed by atoms with E-state index in [1.165, 1.54) is 37.3 Å². The number of esters is 2. The molecule has 0 amide bonds. The second-order valence-corrected chi connectivity index (χ2v) is 4.45. The summed E-state index contributed by atoms with van der Waals surface area (Å²) in [4.78, 5) is 24.1. The number of hydrogen-bond acceptors (Lipinski definition) is 5. The molecule has 0 spiro atoms. The summed E-state index contributed by atoms with van der Waals surface area (Å²) in [5, 5.41) is -0.0152. The van der Waals surface area contributed by atoms with E-state index in [2.05, 4.69) is 9.47 Å². The summed E-state index contributed by atoms with van der Waals surface area (Å²) in [5.41, 5.74) is 0.671. The summed E-state index contributed by atoms with van der Waals surface area (Å²) in [6, 6.07) is 4.20. The molecule has 0 unspecified atom stereocenters. The van der Waals surface area contributed by atoms with Crippen LogP contribution in [-0.4, -0.2) is 44.1 Å². The van der Waals surface area contributed by atoms with Crippen molar-refractivity contribution < 1.29 is 23.5 Å². The second-order valence-electron chi connectivity index (χ2n) is 4.05. The SMILES string of the molecule is COC(=O)CN(CC(=O)OC)Cc1ccc(F)c(Cl)c1. The minimum Gasteiger partial charge on any atom is -0.468 e. The molecule has 110 valence electrons. The van der Waals surface area contributed by atoms with Crippen LogP contribution in [0.3, 0.4) is 0 Å². The molecule has 5 nitrogen and oxygen atoms in total. The zero-order chi connectivity index (χ0) is 15.1. The molecule has 0 radical (unpaired) electrons.